The lowest BCUT2D eigenvalue weighted by molar-refractivity contribution is 0.925. The Morgan fingerprint density at radius 1 is 0.853 bits per heavy atom. The number of aryl methyl sites for hydroxylation is 2. The molecule has 0 fully saturated rings. The average molecular weight is 464 g/mol. The van der Waals surface area contributed by atoms with Crippen LogP contribution >= 0.6 is 11.8 Å². The van der Waals surface area contributed by atoms with Gasteiger partial charge in [0.2, 0.25) is 5.78 Å². The molecule has 6 nitrogen and oxygen atoms in total. The number of thioether (sulfide) groups is 1. The highest BCUT2D eigenvalue weighted by Gasteiger charge is 2.20. The Bertz CT molecular complexity index is 1740. The van der Waals surface area contributed by atoms with E-state index in [1.54, 1.807) is 16.3 Å². The molecule has 0 aliphatic rings. The second-order valence-electron chi connectivity index (χ2n) is 8.30. The second-order valence-corrected chi connectivity index (χ2v) is 9.24. The van der Waals surface area contributed by atoms with Crippen molar-refractivity contribution >= 4 is 39.3 Å². The largest absolute Gasteiger partial charge is 0.268 e. The number of nitrogens with zero attached hydrogens (tertiary/aromatic N) is 5. The summed E-state index contributed by atoms with van der Waals surface area (Å²) in [5.41, 5.74) is 5.70. The van der Waals surface area contributed by atoms with Gasteiger partial charge < -0.3 is 0 Å². The van der Waals surface area contributed by atoms with Gasteiger partial charge in [-0.15, -0.1) is 10.2 Å². The molecule has 166 valence electrons. The van der Waals surface area contributed by atoms with Crippen molar-refractivity contribution < 1.29 is 0 Å². The highest BCUT2D eigenvalue weighted by molar-refractivity contribution is 7.98. The van der Waals surface area contributed by atoms with Gasteiger partial charge in [-0.3, -0.25) is 14.2 Å². The number of para-hydroxylation sites is 3. The standard InChI is InChI=1S/C27H21N5OS/c1-17-8-5-9-18(2)24(17)32-25(33)21-13-3-4-14-22(21)31-26(32)29-30-27(31)34-16-20-11-6-10-19-12-7-15-28-23(19)20/h3-15H,16H2,1-2H3. The fraction of sp³-hybridized carbons (Fsp3) is 0.111. The van der Waals surface area contributed by atoms with E-state index >= 15 is 0 Å². The summed E-state index contributed by atoms with van der Waals surface area (Å²) in [7, 11) is 0. The predicted octanol–water partition coefficient (Wildman–Crippen LogP) is 5.49. The molecule has 6 aromatic rings. The fourth-order valence-corrected chi connectivity index (χ4v) is 5.48. The van der Waals surface area contributed by atoms with Crippen molar-refractivity contribution in [2.24, 2.45) is 0 Å². The zero-order valence-electron chi connectivity index (χ0n) is 18.8. The van der Waals surface area contributed by atoms with Crippen molar-refractivity contribution in [3.63, 3.8) is 0 Å². The first-order valence-corrected chi connectivity index (χ1v) is 12.0. The summed E-state index contributed by atoms with van der Waals surface area (Å²) >= 11 is 1.59. The molecule has 0 aliphatic carbocycles. The van der Waals surface area contributed by atoms with Crippen LogP contribution in [0.1, 0.15) is 16.7 Å². The molecule has 0 atom stereocenters. The molecule has 34 heavy (non-hydrogen) atoms. The lowest BCUT2D eigenvalue weighted by Gasteiger charge is -2.15. The molecule has 7 heteroatoms. The van der Waals surface area contributed by atoms with Gasteiger partial charge in [-0.25, -0.2) is 4.57 Å². The minimum absolute atomic E-state index is 0.0947. The summed E-state index contributed by atoms with van der Waals surface area (Å²) in [5.74, 6) is 1.20. The van der Waals surface area contributed by atoms with E-state index < -0.39 is 0 Å². The van der Waals surface area contributed by atoms with Gasteiger partial charge in [0.15, 0.2) is 5.16 Å². The van der Waals surface area contributed by atoms with Gasteiger partial charge in [0.05, 0.1) is 22.1 Å². The molecule has 0 aliphatic heterocycles. The van der Waals surface area contributed by atoms with Crippen LogP contribution in [0.25, 0.3) is 33.3 Å². The van der Waals surface area contributed by atoms with Gasteiger partial charge in [-0.05, 0) is 48.7 Å². The van der Waals surface area contributed by atoms with E-state index in [4.69, 9.17) is 0 Å². The number of benzene rings is 3. The highest BCUT2D eigenvalue weighted by Crippen LogP contribution is 2.29. The van der Waals surface area contributed by atoms with Crippen LogP contribution < -0.4 is 5.56 Å². The number of rotatable bonds is 4. The van der Waals surface area contributed by atoms with Crippen LogP contribution in [0.5, 0.6) is 0 Å². The van der Waals surface area contributed by atoms with Crippen LogP contribution in [0.2, 0.25) is 0 Å². The van der Waals surface area contributed by atoms with E-state index in [1.807, 2.05) is 73.0 Å². The molecule has 0 amide bonds. The van der Waals surface area contributed by atoms with Crippen molar-refractivity contribution in [1.82, 2.24) is 24.1 Å². The molecule has 3 heterocycles. The van der Waals surface area contributed by atoms with Gasteiger partial charge in [-0.1, -0.05) is 66.4 Å². The topological polar surface area (TPSA) is 65.1 Å². The van der Waals surface area contributed by atoms with Crippen LogP contribution in [-0.4, -0.2) is 24.1 Å². The van der Waals surface area contributed by atoms with Gasteiger partial charge in [0.1, 0.15) is 0 Å². The molecule has 0 saturated carbocycles. The maximum absolute atomic E-state index is 13.6. The summed E-state index contributed by atoms with van der Waals surface area (Å²) in [6.07, 6.45) is 1.82. The van der Waals surface area contributed by atoms with Gasteiger partial charge in [0.25, 0.3) is 5.56 Å². The summed E-state index contributed by atoms with van der Waals surface area (Å²) in [4.78, 5) is 18.2. The summed E-state index contributed by atoms with van der Waals surface area (Å²) in [5, 5.41) is 11.5. The maximum Gasteiger partial charge on any atom is 0.267 e. The van der Waals surface area contributed by atoms with Gasteiger partial charge in [-0.2, -0.15) is 0 Å². The highest BCUT2D eigenvalue weighted by atomic mass is 32.2. The molecular formula is C27H21N5OS. The third-order valence-corrected chi connectivity index (χ3v) is 7.11. The molecule has 0 radical (unpaired) electrons. The Morgan fingerprint density at radius 3 is 2.47 bits per heavy atom. The summed E-state index contributed by atoms with van der Waals surface area (Å²) < 4.78 is 3.69. The third kappa shape index (κ3) is 3.20. The third-order valence-electron chi connectivity index (χ3n) is 6.13. The van der Waals surface area contributed by atoms with E-state index in [-0.39, 0.29) is 5.56 Å². The second kappa shape index (κ2) is 8.11. The predicted molar refractivity (Wildman–Crippen MR) is 137 cm³/mol. The first-order valence-electron chi connectivity index (χ1n) is 11.0. The smallest absolute Gasteiger partial charge is 0.267 e. The molecule has 3 aromatic carbocycles. The summed E-state index contributed by atoms with van der Waals surface area (Å²) in [6.45, 7) is 4.03. The fourth-order valence-electron chi connectivity index (χ4n) is 4.56. The lowest BCUT2D eigenvalue weighted by Crippen LogP contribution is -2.23. The Morgan fingerprint density at radius 2 is 1.62 bits per heavy atom. The van der Waals surface area contributed by atoms with Crippen molar-refractivity contribution in [3.05, 3.63) is 106 Å². The van der Waals surface area contributed by atoms with Crippen molar-refractivity contribution in [2.45, 2.75) is 24.8 Å². The van der Waals surface area contributed by atoms with Crippen LogP contribution in [-0.2, 0) is 5.75 Å². The molecule has 0 bridgehead atoms. The normalized spacial score (nSPS) is 11.6. The number of hydrogen-bond acceptors (Lipinski definition) is 5. The van der Waals surface area contributed by atoms with Crippen LogP contribution in [0.15, 0.2) is 88.9 Å². The van der Waals surface area contributed by atoms with Gasteiger partial charge >= 0.3 is 0 Å². The monoisotopic (exact) mass is 463 g/mol. The van der Waals surface area contributed by atoms with Crippen molar-refractivity contribution in [2.75, 3.05) is 0 Å². The Kier molecular flexibility index (Phi) is 4.92. The minimum atomic E-state index is -0.0947. The van der Waals surface area contributed by atoms with Crippen LogP contribution in [0.3, 0.4) is 0 Å². The van der Waals surface area contributed by atoms with Crippen LogP contribution in [0.4, 0.5) is 0 Å². The molecule has 6 rings (SSSR count). The molecule has 0 spiro atoms. The Balaban J connectivity index is 1.56. The van der Waals surface area contributed by atoms with E-state index in [0.29, 0.717) is 16.9 Å². The molecular weight excluding hydrogens is 442 g/mol. The zero-order valence-corrected chi connectivity index (χ0v) is 19.6. The van der Waals surface area contributed by atoms with Crippen molar-refractivity contribution in [1.29, 1.82) is 0 Å². The summed E-state index contributed by atoms with van der Waals surface area (Å²) in [6, 6.07) is 23.9. The lowest BCUT2D eigenvalue weighted by atomic mass is 10.1. The number of aromatic nitrogens is 5. The zero-order chi connectivity index (χ0) is 23.2. The quantitative estimate of drug-likeness (QED) is 0.324. The van der Waals surface area contributed by atoms with Crippen molar-refractivity contribution in [3.8, 4) is 5.69 Å². The molecule has 0 N–H and O–H groups in total. The Labute approximate surface area is 199 Å². The number of fused-ring (bicyclic) bond motifs is 4. The maximum atomic E-state index is 13.6. The van der Waals surface area contributed by atoms with E-state index in [1.165, 1.54) is 0 Å². The first-order chi connectivity index (χ1) is 16.6. The van der Waals surface area contributed by atoms with Crippen LogP contribution in [0, 0.1) is 13.8 Å². The van der Waals surface area contributed by atoms with Gasteiger partial charge in [0, 0.05) is 17.3 Å². The van der Waals surface area contributed by atoms with E-state index in [0.717, 1.165) is 44.0 Å². The molecule has 3 aromatic heterocycles. The number of hydrogen-bond donors (Lipinski definition) is 0. The Hall–Kier alpha value is -3.97. The van der Waals surface area contributed by atoms with E-state index in [9.17, 15) is 4.79 Å². The number of pyridine rings is 1. The molecule has 0 saturated heterocycles. The SMILES string of the molecule is Cc1cccc(C)c1-n1c(=O)c2ccccc2n2c(SCc3cccc4cccnc34)nnc12. The first kappa shape index (κ1) is 20.6. The minimum Gasteiger partial charge on any atom is -0.268 e. The van der Waals surface area contributed by atoms with E-state index in [2.05, 4.69) is 39.4 Å². The molecule has 0 unspecified atom stereocenters. The average Bonchev–Trinajstić information content (AvgIpc) is 3.28.